The highest BCUT2D eigenvalue weighted by Crippen LogP contribution is 2.20. The lowest BCUT2D eigenvalue weighted by Gasteiger charge is -2.29. The maximum absolute atomic E-state index is 12.1. The van der Waals surface area contributed by atoms with Crippen molar-refractivity contribution in [2.45, 2.75) is 31.7 Å². The molecule has 2 heterocycles. The van der Waals surface area contributed by atoms with Crippen molar-refractivity contribution in [2.24, 2.45) is 5.92 Å². The van der Waals surface area contributed by atoms with Crippen molar-refractivity contribution in [1.29, 1.82) is 0 Å². The molecule has 2 unspecified atom stereocenters. The minimum absolute atomic E-state index is 0.0107. The van der Waals surface area contributed by atoms with Crippen LogP contribution in [0.5, 0.6) is 0 Å². The van der Waals surface area contributed by atoms with Crippen LogP contribution in [0.4, 0.5) is 0 Å². The lowest BCUT2D eigenvalue weighted by Crippen LogP contribution is -2.45. The second-order valence-corrected chi connectivity index (χ2v) is 7.69. The van der Waals surface area contributed by atoms with Crippen molar-refractivity contribution >= 4 is 15.7 Å². The van der Waals surface area contributed by atoms with E-state index in [1.54, 1.807) is 11.9 Å². The molecule has 18 heavy (non-hydrogen) atoms. The van der Waals surface area contributed by atoms with E-state index in [1.807, 2.05) is 0 Å². The second-order valence-electron chi connectivity index (χ2n) is 5.47. The van der Waals surface area contributed by atoms with Gasteiger partial charge in [0.2, 0.25) is 5.91 Å². The molecule has 0 bridgehead atoms. The van der Waals surface area contributed by atoms with Gasteiger partial charge in [-0.1, -0.05) is 6.42 Å². The summed E-state index contributed by atoms with van der Waals surface area (Å²) >= 11 is 0. The van der Waals surface area contributed by atoms with Crippen LogP contribution in [0.15, 0.2) is 0 Å². The highest BCUT2D eigenvalue weighted by atomic mass is 32.2. The van der Waals surface area contributed by atoms with Crippen LogP contribution in [0.25, 0.3) is 0 Å². The zero-order valence-electron chi connectivity index (χ0n) is 10.9. The molecule has 0 aromatic carbocycles. The van der Waals surface area contributed by atoms with E-state index in [-0.39, 0.29) is 23.3 Å². The molecule has 0 aromatic heterocycles. The van der Waals surface area contributed by atoms with E-state index in [1.165, 1.54) is 12.8 Å². The first kappa shape index (κ1) is 13.8. The molecule has 1 N–H and O–H groups in total. The number of nitrogens with one attached hydrogen (secondary N) is 1. The van der Waals surface area contributed by atoms with E-state index >= 15 is 0 Å². The fraction of sp³-hybridized carbons (Fsp3) is 0.917. The molecule has 1 amide bonds. The first-order chi connectivity index (χ1) is 8.48. The van der Waals surface area contributed by atoms with E-state index in [4.69, 9.17) is 0 Å². The Morgan fingerprint density at radius 1 is 1.33 bits per heavy atom. The summed E-state index contributed by atoms with van der Waals surface area (Å²) in [5.74, 6) is -0.125. The number of rotatable bonds is 3. The average molecular weight is 274 g/mol. The van der Waals surface area contributed by atoms with Crippen LogP contribution in [0.3, 0.4) is 0 Å². The number of sulfone groups is 1. The van der Waals surface area contributed by atoms with Gasteiger partial charge in [-0.25, -0.2) is 8.42 Å². The number of hydrogen-bond donors (Lipinski definition) is 1. The number of amides is 1. The molecule has 2 fully saturated rings. The van der Waals surface area contributed by atoms with E-state index in [2.05, 4.69) is 5.32 Å². The minimum Gasteiger partial charge on any atom is -0.344 e. The summed E-state index contributed by atoms with van der Waals surface area (Å²) in [5, 5.41) is 3.40. The number of nitrogens with zero attached hydrogens (tertiary/aromatic N) is 1. The predicted octanol–water partition coefficient (Wildman–Crippen LogP) is 0.0216. The molecule has 2 saturated heterocycles. The van der Waals surface area contributed by atoms with Crippen molar-refractivity contribution in [3.63, 3.8) is 0 Å². The Morgan fingerprint density at radius 2 is 2.11 bits per heavy atom. The van der Waals surface area contributed by atoms with Crippen LogP contribution < -0.4 is 5.32 Å². The predicted molar refractivity (Wildman–Crippen MR) is 70.0 cm³/mol. The van der Waals surface area contributed by atoms with E-state index in [0.717, 1.165) is 13.0 Å². The Labute approximate surface area is 109 Å². The maximum atomic E-state index is 12.1. The number of piperidine rings is 1. The van der Waals surface area contributed by atoms with Gasteiger partial charge in [0, 0.05) is 19.6 Å². The van der Waals surface area contributed by atoms with E-state index in [0.29, 0.717) is 19.0 Å². The van der Waals surface area contributed by atoms with Crippen LogP contribution in [0.1, 0.15) is 25.7 Å². The zero-order valence-corrected chi connectivity index (χ0v) is 11.7. The van der Waals surface area contributed by atoms with Crippen molar-refractivity contribution < 1.29 is 13.2 Å². The normalized spacial score (nSPS) is 31.2. The first-order valence-electron chi connectivity index (χ1n) is 6.67. The van der Waals surface area contributed by atoms with E-state index in [9.17, 15) is 13.2 Å². The Bertz CT molecular complexity index is 402. The molecule has 0 saturated carbocycles. The third-order valence-electron chi connectivity index (χ3n) is 3.86. The summed E-state index contributed by atoms with van der Waals surface area (Å²) in [6.07, 6.45) is 4.00. The Morgan fingerprint density at radius 3 is 2.67 bits per heavy atom. The van der Waals surface area contributed by atoms with Crippen LogP contribution in [0.2, 0.25) is 0 Å². The minimum atomic E-state index is -2.97. The van der Waals surface area contributed by atoms with Crippen LogP contribution in [-0.2, 0) is 14.6 Å². The van der Waals surface area contributed by atoms with Gasteiger partial charge < -0.3 is 10.2 Å². The Balaban J connectivity index is 1.85. The Kier molecular flexibility index (Phi) is 4.27. The molecule has 6 heteroatoms. The summed E-state index contributed by atoms with van der Waals surface area (Å²) in [6.45, 7) is 1.71. The summed E-state index contributed by atoms with van der Waals surface area (Å²) in [7, 11) is -1.19. The molecule has 2 aliphatic heterocycles. The van der Waals surface area contributed by atoms with Crippen molar-refractivity contribution in [2.75, 3.05) is 31.6 Å². The molecule has 2 rings (SSSR count). The van der Waals surface area contributed by atoms with Gasteiger partial charge in [0.1, 0.15) is 0 Å². The largest absolute Gasteiger partial charge is 0.344 e. The van der Waals surface area contributed by atoms with E-state index < -0.39 is 9.84 Å². The number of likely N-dealkylation sites (N-methyl/N-ethyl adjacent to an activating group) is 1. The molecule has 0 aromatic rings. The number of carbonyl (C=O) groups is 1. The smallest absolute Gasteiger partial charge is 0.226 e. The molecule has 2 atom stereocenters. The van der Waals surface area contributed by atoms with Gasteiger partial charge in [-0.05, 0) is 25.8 Å². The van der Waals surface area contributed by atoms with Gasteiger partial charge in [-0.15, -0.1) is 0 Å². The topological polar surface area (TPSA) is 66.5 Å². The fourth-order valence-electron chi connectivity index (χ4n) is 2.80. The third-order valence-corrected chi connectivity index (χ3v) is 5.63. The van der Waals surface area contributed by atoms with Gasteiger partial charge in [-0.2, -0.15) is 0 Å². The second kappa shape index (κ2) is 5.57. The molecule has 0 spiro atoms. The van der Waals surface area contributed by atoms with Gasteiger partial charge in [0.25, 0.3) is 0 Å². The van der Waals surface area contributed by atoms with Gasteiger partial charge in [0.05, 0.1) is 17.4 Å². The SMILES string of the molecule is CN(CC1CCCCN1)C(=O)C1CCS(=O)(=O)C1. The summed E-state index contributed by atoms with van der Waals surface area (Å²) in [6, 6.07) is 0.366. The lowest BCUT2D eigenvalue weighted by atomic mass is 10.0. The summed E-state index contributed by atoms with van der Waals surface area (Å²) in [5.41, 5.74) is 0. The standard InChI is InChI=1S/C12H22N2O3S/c1-14(8-11-4-2-3-6-13-11)12(15)10-5-7-18(16,17)9-10/h10-11,13H,2-9H2,1H3. The molecule has 5 nitrogen and oxygen atoms in total. The van der Waals surface area contributed by atoms with Crippen LogP contribution in [0, 0.1) is 5.92 Å². The molecule has 0 aliphatic carbocycles. The number of hydrogen-bond acceptors (Lipinski definition) is 4. The average Bonchev–Trinajstić information content (AvgIpc) is 2.70. The third kappa shape index (κ3) is 3.45. The fourth-order valence-corrected chi connectivity index (χ4v) is 4.53. The Hall–Kier alpha value is -0.620. The van der Waals surface area contributed by atoms with Crippen molar-refractivity contribution in [3.8, 4) is 0 Å². The highest BCUT2D eigenvalue weighted by Gasteiger charge is 2.34. The highest BCUT2D eigenvalue weighted by molar-refractivity contribution is 7.91. The van der Waals surface area contributed by atoms with Gasteiger partial charge in [-0.3, -0.25) is 4.79 Å². The summed E-state index contributed by atoms with van der Waals surface area (Å²) in [4.78, 5) is 13.8. The van der Waals surface area contributed by atoms with Crippen LogP contribution in [-0.4, -0.2) is 56.9 Å². The first-order valence-corrected chi connectivity index (χ1v) is 8.49. The maximum Gasteiger partial charge on any atom is 0.226 e. The quantitative estimate of drug-likeness (QED) is 0.788. The van der Waals surface area contributed by atoms with Gasteiger partial charge >= 0.3 is 0 Å². The summed E-state index contributed by atoms with van der Waals surface area (Å²) < 4.78 is 22.7. The zero-order chi connectivity index (χ0) is 13.2. The van der Waals surface area contributed by atoms with Gasteiger partial charge in [0.15, 0.2) is 9.84 Å². The molecular formula is C12H22N2O3S. The van der Waals surface area contributed by atoms with Crippen molar-refractivity contribution in [3.05, 3.63) is 0 Å². The van der Waals surface area contributed by atoms with Crippen LogP contribution >= 0.6 is 0 Å². The molecule has 104 valence electrons. The number of carbonyl (C=O) groups excluding carboxylic acids is 1. The lowest BCUT2D eigenvalue weighted by molar-refractivity contribution is -0.133. The molecular weight excluding hydrogens is 252 g/mol. The van der Waals surface area contributed by atoms with Crippen molar-refractivity contribution in [1.82, 2.24) is 10.2 Å². The monoisotopic (exact) mass is 274 g/mol. The molecule has 0 radical (unpaired) electrons. The molecule has 2 aliphatic rings.